The van der Waals surface area contributed by atoms with Crippen molar-refractivity contribution in [2.24, 2.45) is 0 Å². The standard InChI is InChI=1S/C19H15F3N6OS/c1-10-9-30-18(25-10)15-24-7-14(11(2)26-15)17(29)27-28-8-12(6-19(20,21)22)13-4-3-5-23-16(13)28/h3-5,7-9H,6H2,1-2H3,(H,27,29). The topological polar surface area (TPSA) is 85.6 Å². The number of nitrogens with one attached hydrogen (secondary N) is 1. The Kier molecular flexibility index (Phi) is 4.98. The number of hydrogen-bond donors (Lipinski definition) is 1. The first-order chi connectivity index (χ1) is 14.2. The Balaban J connectivity index is 1.63. The molecule has 0 aromatic carbocycles. The van der Waals surface area contributed by atoms with Gasteiger partial charge in [-0.15, -0.1) is 11.3 Å². The minimum absolute atomic E-state index is 0.0216. The minimum Gasteiger partial charge on any atom is -0.267 e. The second-order valence-electron chi connectivity index (χ2n) is 6.62. The van der Waals surface area contributed by atoms with Crippen LogP contribution in [0, 0.1) is 13.8 Å². The number of alkyl halides is 3. The number of amides is 1. The molecule has 11 heteroatoms. The molecule has 0 bridgehead atoms. The molecule has 4 aromatic heterocycles. The summed E-state index contributed by atoms with van der Waals surface area (Å²) in [5.41, 5.74) is 4.27. The Hall–Kier alpha value is -3.34. The summed E-state index contributed by atoms with van der Waals surface area (Å²) >= 11 is 1.40. The van der Waals surface area contributed by atoms with Gasteiger partial charge in [-0.1, -0.05) is 0 Å². The number of aromatic nitrogens is 5. The maximum absolute atomic E-state index is 12.9. The summed E-state index contributed by atoms with van der Waals surface area (Å²) in [5, 5.41) is 2.83. The van der Waals surface area contributed by atoms with Gasteiger partial charge in [0.1, 0.15) is 0 Å². The molecule has 0 aliphatic carbocycles. The molecule has 1 N–H and O–H groups in total. The molecule has 1 amide bonds. The number of pyridine rings is 1. The van der Waals surface area contributed by atoms with E-state index in [2.05, 4.69) is 25.4 Å². The molecular formula is C19H15F3N6OS. The van der Waals surface area contributed by atoms with Crippen molar-refractivity contribution in [3.05, 3.63) is 58.6 Å². The average molecular weight is 432 g/mol. The molecule has 30 heavy (non-hydrogen) atoms. The summed E-state index contributed by atoms with van der Waals surface area (Å²) in [5.74, 6) is -0.154. The molecule has 0 saturated heterocycles. The molecule has 0 saturated carbocycles. The average Bonchev–Trinajstić information content (AvgIpc) is 3.25. The van der Waals surface area contributed by atoms with E-state index in [0.717, 1.165) is 5.69 Å². The third-order valence-corrected chi connectivity index (χ3v) is 5.25. The molecule has 0 fully saturated rings. The van der Waals surface area contributed by atoms with Crippen molar-refractivity contribution in [3.8, 4) is 10.8 Å². The van der Waals surface area contributed by atoms with Crippen LogP contribution in [0.25, 0.3) is 21.9 Å². The first kappa shape index (κ1) is 20.0. The third-order valence-electron chi connectivity index (χ3n) is 4.29. The fourth-order valence-corrected chi connectivity index (χ4v) is 3.72. The summed E-state index contributed by atoms with van der Waals surface area (Å²) in [6.07, 6.45) is -1.46. The van der Waals surface area contributed by atoms with Gasteiger partial charge >= 0.3 is 6.18 Å². The van der Waals surface area contributed by atoms with Crippen molar-refractivity contribution in [3.63, 3.8) is 0 Å². The van der Waals surface area contributed by atoms with Gasteiger partial charge in [0.15, 0.2) is 16.5 Å². The SMILES string of the molecule is Cc1csc(-c2ncc(C(=O)Nn3cc(CC(F)(F)F)c4cccnc43)c(C)n2)n1. The molecule has 0 atom stereocenters. The quantitative estimate of drug-likeness (QED) is 0.526. The number of nitrogens with zero attached hydrogens (tertiary/aromatic N) is 5. The van der Waals surface area contributed by atoms with E-state index in [-0.39, 0.29) is 16.8 Å². The molecule has 4 heterocycles. The Morgan fingerprint density at radius 3 is 2.70 bits per heavy atom. The summed E-state index contributed by atoms with van der Waals surface area (Å²) in [4.78, 5) is 29.7. The summed E-state index contributed by atoms with van der Waals surface area (Å²) in [6, 6.07) is 3.08. The highest BCUT2D eigenvalue weighted by molar-refractivity contribution is 7.13. The van der Waals surface area contributed by atoms with Crippen LogP contribution in [-0.4, -0.2) is 36.7 Å². The van der Waals surface area contributed by atoms with Gasteiger partial charge in [0.05, 0.1) is 17.7 Å². The first-order valence-electron chi connectivity index (χ1n) is 8.80. The summed E-state index contributed by atoms with van der Waals surface area (Å²) < 4.78 is 39.9. The van der Waals surface area contributed by atoms with Crippen molar-refractivity contribution >= 4 is 28.3 Å². The van der Waals surface area contributed by atoms with Crippen LogP contribution in [0.3, 0.4) is 0 Å². The van der Waals surface area contributed by atoms with E-state index in [0.29, 0.717) is 21.9 Å². The molecule has 0 aliphatic heterocycles. The van der Waals surface area contributed by atoms with E-state index >= 15 is 0 Å². The van der Waals surface area contributed by atoms with Gasteiger partial charge in [0, 0.05) is 35.1 Å². The van der Waals surface area contributed by atoms with E-state index in [9.17, 15) is 18.0 Å². The third kappa shape index (κ3) is 4.01. The summed E-state index contributed by atoms with van der Waals surface area (Å²) in [7, 11) is 0. The molecule has 0 radical (unpaired) electrons. The molecule has 4 aromatic rings. The number of halogens is 3. The summed E-state index contributed by atoms with van der Waals surface area (Å²) in [6.45, 7) is 3.51. The van der Waals surface area contributed by atoms with Crippen LogP contribution in [0.15, 0.2) is 36.1 Å². The predicted molar refractivity (Wildman–Crippen MR) is 106 cm³/mol. The number of thiazole rings is 1. The van der Waals surface area contributed by atoms with Gasteiger partial charge in [-0.2, -0.15) is 13.2 Å². The molecule has 0 aliphatic rings. The maximum atomic E-state index is 12.9. The van der Waals surface area contributed by atoms with Crippen LogP contribution in [0.5, 0.6) is 0 Å². The lowest BCUT2D eigenvalue weighted by Gasteiger charge is -2.09. The molecular weight excluding hydrogens is 417 g/mol. The van der Waals surface area contributed by atoms with Gasteiger partial charge in [0.2, 0.25) is 0 Å². The van der Waals surface area contributed by atoms with Crippen molar-refractivity contribution < 1.29 is 18.0 Å². The van der Waals surface area contributed by atoms with Gasteiger partial charge in [-0.05, 0) is 31.5 Å². The lowest BCUT2D eigenvalue weighted by Crippen LogP contribution is -2.24. The smallest absolute Gasteiger partial charge is 0.267 e. The second kappa shape index (κ2) is 7.48. The van der Waals surface area contributed by atoms with Crippen LogP contribution in [0.1, 0.15) is 27.3 Å². The van der Waals surface area contributed by atoms with Gasteiger partial charge in [-0.25, -0.2) is 24.6 Å². The van der Waals surface area contributed by atoms with Crippen molar-refractivity contribution in [2.75, 3.05) is 5.43 Å². The zero-order chi connectivity index (χ0) is 21.5. The van der Waals surface area contributed by atoms with Crippen molar-refractivity contribution in [1.82, 2.24) is 24.6 Å². The number of carbonyl (C=O) groups excluding carboxylic acids is 1. The number of fused-ring (bicyclic) bond motifs is 1. The van der Waals surface area contributed by atoms with Crippen LogP contribution in [0.4, 0.5) is 13.2 Å². The van der Waals surface area contributed by atoms with Crippen molar-refractivity contribution in [2.45, 2.75) is 26.4 Å². The van der Waals surface area contributed by atoms with Gasteiger partial charge in [-0.3, -0.25) is 10.2 Å². The van der Waals surface area contributed by atoms with Crippen LogP contribution in [0.2, 0.25) is 0 Å². The Morgan fingerprint density at radius 2 is 2.03 bits per heavy atom. The Labute approximate surface area is 172 Å². The fourth-order valence-electron chi connectivity index (χ4n) is 2.99. The highest BCUT2D eigenvalue weighted by atomic mass is 32.1. The highest BCUT2D eigenvalue weighted by Gasteiger charge is 2.30. The molecule has 4 rings (SSSR count). The number of carbonyl (C=O) groups is 1. The second-order valence-corrected chi connectivity index (χ2v) is 7.48. The van der Waals surface area contributed by atoms with Crippen LogP contribution in [-0.2, 0) is 6.42 Å². The van der Waals surface area contributed by atoms with E-state index in [1.807, 2.05) is 12.3 Å². The lowest BCUT2D eigenvalue weighted by molar-refractivity contribution is -0.127. The van der Waals surface area contributed by atoms with E-state index in [4.69, 9.17) is 0 Å². The minimum atomic E-state index is -4.38. The first-order valence-corrected chi connectivity index (χ1v) is 9.68. The van der Waals surface area contributed by atoms with Gasteiger partial charge < -0.3 is 0 Å². The van der Waals surface area contributed by atoms with Crippen LogP contribution >= 0.6 is 11.3 Å². The monoisotopic (exact) mass is 432 g/mol. The fraction of sp³-hybridized carbons (Fsp3) is 0.211. The molecule has 0 unspecified atom stereocenters. The zero-order valence-corrected chi connectivity index (χ0v) is 16.7. The van der Waals surface area contributed by atoms with E-state index in [1.54, 1.807) is 13.0 Å². The predicted octanol–water partition coefficient (Wildman–Crippen LogP) is 4.06. The Morgan fingerprint density at radius 1 is 1.23 bits per heavy atom. The van der Waals surface area contributed by atoms with E-state index in [1.165, 1.54) is 40.7 Å². The van der Waals surface area contributed by atoms with E-state index < -0.39 is 18.5 Å². The largest absolute Gasteiger partial charge is 0.393 e. The van der Waals surface area contributed by atoms with Gasteiger partial charge in [0.25, 0.3) is 5.91 Å². The molecule has 0 spiro atoms. The normalized spacial score (nSPS) is 11.8. The van der Waals surface area contributed by atoms with Crippen molar-refractivity contribution in [1.29, 1.82) is 0 Å². The zero-order valence-electron chi connectivity index (χ0n) is 15.9. The number of hydrogen-bond acceptors (Lipinski definition) is 6. The molecule has 7 nitrogen and oxygen atoms in total. The highest BCUT2D eigenvalue weighted by Crippen LogP contribution is 2.27. The lowest BCUT2D eigenvalue weighted by atomic mass is 10.1. The number of rotatable bonds is 4. The Bertz CT molecular complexity index is 1250. The number of aryl methyl sites for hydroxylation is 2. The maximum Gasteiger partial charge on any atom is 0.393 e. The molecule has 154 valence electrons. The van der Waals surface area contributed by atoms with Crippen LogP contribution < -0.4 is 5.43 Å².